The van der Waals surface area contributed by atoms with Gasteiger partial charge in [-0.05, 0) is 25.1 Å². The van der Waals surface area contributed by atoms with Gasteiger partial charge in [-0.1, -0.05) is 23.4 Å². The number of hydrogen-bond acceptors (Lipinski definition) is 5. The number of ether oxygens (including phenoxy) is 1. The second-order valence-corrected chi connectivity index (χ2v) is 6.06. The Bertz CT molecular complexity index is 647. The number of halogens is 1. The van der Waals surface area contributed by atoms with Crippen LogP contribution in [0.5, 0.6) is 5.75 Å². The van der Waals surface area contributed by atoms with Crippen LogP contribution < -0.4 is 10.1 Å². The Kier molecular flexibility index (Phi) is 5.08. The van der Waals surface area contributed by atoms with Gasteiger partial charge in [0.2, 0.25) is 5.91 Å². The first-order chi connectivity index (χ1) is 10.0. The van der Waals surface area contributed by atoms with E-state index in [1.165, 1.54) is 18.9 Å². The molecule has 1 aromatic heterocycles. The van der Waals surface area contributed by atoms with E-state index in [1.54, 1.807) is 36.0 Å². The number of carbonyl (C=O) groups excluding carboxylic acids is 1. The van der Waals surface area contributed by atoms with Crippen molar-refractivity contribution in [2.24, 2.45) is 7.05 Å². The van der Waals surface area contributed by atoms with Crippen LogP contribution in [-0.4, -0.2) is 33.0 Å². The van der Waals surface area contributed by atoms with E-state index in [0.29, 0.717) is 21.6 Å². The molecule has 0 radical (unpaired) electrons. The molecule has 0 spiro atoms. The average Bonchev–Trinajstić information content (AvgIpc) is 2.84. The summed E-state index contributed by atoms with van der Waals surface area (Å²) in [7, 11) is 3.36. The van der Waals surface area contributed by atoms with E-state index < -0.39 is 0 Å². The standard InChI is InChI=1S/C13H15ClN4O2S/c1-8(21-13-17-15-7-18(13)2)12(19)16-10-6-9(14)4-5-11(10)20-3/h4-8H,1-3H3,(H,16,19)/t8-/m0/s1. The smallest absolute Gasteiger partial charge is 0.237 e. The van der Waals surface area contributed by atoms with Gasteiger partial charge >= 0.3 is 0 Å². The minimum absolute atomic E-state index is 0.163. The van der Waals surface area contributed by atoms with Gasteiger partial charge in [0.25, 0.3) is 0 Å². The fraction of sp³-hybridized carbons (Fsp3) is 0.308. The van der Waals surface area contributed by atoms with Crippen LogP contribution in [0.15, 0.2) is 29.7 Å². The molecule has 112 valence electrons. The van der Waals surface area contributed by atoms with Gasteiger partial charge in [-0.3, -0.25) is 4.79 Å². The van der Waals surface area contributed by atoms with Crippen molar-refractivity contribution in [1.29, 1.82) is 0 Å². The molecule has 8 heteroatoms. The average molecular weight is 327 g/mol. The van der Waals surface area contributed by atoms with E-state index in [2.05, 4.69) is 15.5 Å². The number of amides is 1. The maximum atomic E-state index is 12.2. The highest BCUT2D eigenvalue weighted by molar-refractivity contribution is 8.00. The fourth-order valence-electron chi connectivity index (χ4n) is 1.60. The van der Waals surface area contributed by atoms with Crippen LogP contribution >= 0.6 is 23.4 Å². The van der Waals surface area contributed by atoms with Crippen LogP contribution in [0.1, 0.15) is 6.92 Å². The zero-order chi connectivity index (χ0) is 15.4. The Balaban J connectivity index is 2.07. The van der Waals surface area contributed by atoms with Crippen molar-refractivity contribution in [3.8, 4) is 5.75 Å². The number of rotatable bonds is 5. The van der Waals surface area contributed by atoms with Gasteiger partial charge in [0.05, 0.1) is 18.0 Å². The minimum Gasteiger partial charge on any atom is -0.495 e. The number of anilines is 1. The maximum Gasteiger partial charge on any atom is 0.237 e. The molecule has 6 nitrogen and oxygen atoms in total. The highest BCUT2D eigenvalue weighted by Crippen LogP contribution is 2.29. The Morgan fingerprint density at radius 2 is 2.29 bits per heavy atom. The van der Waals surface area contributed by atoms with E-state index in [0.717, 1.165) is 0 Å². The lowest BCUT2D eigenvalue weighted by Gasteiger charge is -2.14. The van der Waals surface area contributed by atoms with Crippen LogP contribution in [0.4, 0.5) is 5.69 Å². The summed E-state index contributed by atoms with van der Waals surface area (Å²) in [5, 5.41) is 11.4. The summed E-state index contributed by atoms with van der Waals surface area (Å²) in [5.41, 5.74) is 0.542. The molecule has 0 unspecified atom stereocenters. The third kappa shape index (κ3) is 3.89. The first-order valence-corrected chi connectivity index (χ1v) is 7.42. The third-order valence-electron chi connectivity index (χ3n) is 2.74. The predicted molar refractivity (Wildman–Crippen MR) is 83.0 cm³/mol. The van der Waals surface area contributed by atoms with Crippen LogP contribution in [0.3, 0.4) is 0 Å². The van der Waals surface area contributed by atoms with Crippen molar-refractivity contribution < 1.29 is 9.53 Å². The summed E-state index contributed by atoms with van der Waals surface area (Å²) in [5.74, 6) is 0.396. The first-order valence-electron chi connectivity index (χ1n) is 6.16. The van der Waals surface area contributed by atoms with Crippen molar-refractivity contribution in [1.82, 2.24) is 14.8 Å². The van der Waals surface area contributed by atoms with Gasteiger partial charge in [-0.2, -0.15) is 0 Å². The molecule has 0 saturated carbocycles. The number of thioether (sulfide) groups is 1. The lowest BCUT2D eigenvalue weighted by molar-refractivity contribution is -0.115. The molecule has 0 bridgehead atoms. The molecule has 1 amide bonds. The molecule has 2 aromatic rings. The van der Waals surface area contributed by atoms with E-state index in [9.17, 15) is 4.79 Å². The zero-order valence-corrected chi connectivity index (χ0v) is 13.4. The quantitative estimate of drug-likeness (QED) is 0.855. The Labute approximate surface area is 131 Å². The molecular weight excluding hydrogens is 312 g/mol. The summed E-state index contributed by atoms with van der Waals surface area (Å²) < 4.78 is 6.96. The summed E-state index contributed by atoms with van der Waals surface area (Å²) >= 11 is 7.26. The third-order valence-corrected chi connectivity index (χ3v) is 4.12. The number of nitrogens with one attached hydrogen (secondary N) is 1. The van der Waals surface area contributed by atoms with Crippen LogP contribution in [-0.2, 0) is 11.8 Å². The van der Waals surface area contributed by atoms with Crippen molar-refractivity contribution in [2.45, 2.75) is 17.3 Å². The van der Waals surface area contributed by atoms with Crippen LogP contribution in [0.2, 0.25) is 5.02 Å². The zero-order valence-electron chi connectivity index (χ0n) is 11.8. The second kappa shape index (κ2) is 6.82. The largest absolute Gasteiger partial charge is 0.495 e. The predicted octanol–water partition coefficient (Wildman–Crippen LogP) is 2.60. The number of carbonyl (C=O) groups is 1. The Morgan fingerprint density at radius 1 is 1.52 bits per heavy atom. The highest BCUT2D eigenvalue weighted by Gasteiger charge is 2.18. The number of aryl methyl sites for hydroxylation is 1. The SMILES string of the molecule is COc1ccc(Cl)cc1NC(=O)[C@H](C)Sc1nncn1C. The Hall–Kier alpha value is -1.73. The number of nitrogens with zero attached hydrogens (tertiary/aromatic N) is 3. The number of methoxy groups -OCH3 is 1. The van der Waals surface area contributed by atoms with Gasteiger partial charge in [0.15, 0.2) is 5.16 Å². The number of hydrogen-bond donors (Lipinski definition) is 1. The van der Waals surface area contributed by atoms with Crippen molar-refractivity contribution in [2.75, 3.05) is 12.4 Å². The summed E-state index contributed by atoms with van der Waals surface area (Å²) in [6.07, 6.45) is 1.59. The summed E-state index contributed by atoms with van der Waals surface area (Å²) in [6.45, 7) is 1.80. The molecule has 1 heterocycles. The highest BCUT2D eigenvalue weighted by atomic mass is 35.5. The molecule has 1 N–H and O–H groups in total. The molecule has 0 aliphatic rings. The van der Waals surface area contributed by atoms with E-state index in [1.807, 2.05) is 7.05 Å². The molecule has 2 rings (SSSR count). The van der Waals surface area contributed by atoms with Crippen molar-refractivity contribution in [3.05, 3.63) is 29.5 Å². The lowest BCUT2D eigenvalue weighted by Crippen LogP contribution is -2.23. The van der Waals surface area contributed by atoms with Gasteiger partial charge in [0.1, 0.15) is 12.1 Å². The van der Waals surface area contributed by atoms with Gasteiger partial charge in [-0.15, -0.1) is 10.2 Å². The summed E-state index contributed by atoms with van der Waals surface area (Å²) in [4.78, 5) is 12.2. The van der Waals surface area contributed by atoms with E-state index >= 15 is 0 Å². The van der Waals surface area contributed by atoms with Crippen LogP contribution in [0, 0.1) is 0 Å². The molecule has 1 atom stereocenters. The molecule has 21 heavy (non-hydrogen) atoms. The maximum absolute atomic E-state index is 12.2. The number of aromatic nitrogens is 3. The molecule has 0 fully saturated rings. The molecule has 0 aliphatic carbocycles. The molecule has 0 aliphatic heterocycles. The van der Waals surface area contributed by atoms with Crippen molar-refractivity contribution >= 4 is 35.0 Å². The van der Waals surface area contributed by atoms with Crippen LogP contribution in [0.25, 0.3) is 0 Å². The first kappa shape index (κ1) is 15.7. The molecular formula is C13H15ClN4O2S. The normalized spacial score (nSPS) is 12.0. The van der Waals surface area contributed by atoms with Gasteiger partial charge in [-0.25, -0.2) is 0 Å². The van der Waals surface area contributed by atoms with Gasteiger partial charge < -0.3 is 14.6 Å². The minimum atomic E-state index is -0.336. The monoisotopic (exact) mass is 326 g/mol. The molecule has 1 aromatic carbocycles. The topological polar surface area (TPSA) is 69.0 Å². The van der Waals surface area contributed by atoms with Gasteiger partial charge in [0, 0.05) is 12.1 Å². The van der Waals surface area contributed by atoms with E-state index in [4.69, 9.17) is 16.3 Å². The second-order valence-electron chi connectivity index (χ2n) is 4.32. The van der Waals surface area contributed by atoms with E-state index in [-0.39, 0.29) is 11.2 Å². The number of benzene rings is 1. The van der Waals surface area contributed by atoms with Crippen molar-refractivity contribution in [3.63, 3.8) is 0 Å². The fourth-order valence-corrected chi connectivity index (χ4v) is 2.57. The lowest BCUT2D eigenvalue weighted by atomic mass is 10.3. The molecule has 0 saturated heterocycles. The Morgan fingerprint density at radius 3 is 2.90 bits per heavy atom. The summed E-state index contributed by atoms with van der Waals surface area (Å²) in [6, 6.07) is 5.06.